The summed E-state index contributed by atoms with van der Waals surface area (Å²) >= 11 is 4.32. The quantitative estimate of drug-likeness (QED) is 0.322. The summed E-state index contributed by atoms with van der Waals surface area (Å²) in [4.78, 5) is 26.7. The zero-order valence-electron chi connectivity index (χ0n) is 17.4. The van der Waals surface area contributed by atoms with Gasteiger partial charge in [-0.25, -0.2) is 4.39 Å². The van der Waals surface area contributed by atoms with Crippen molar-refractivity contribution in [2.75, 3.05) is 13.2 Å². The number of ether oxygens (including phenoxy) is 2. The molecule has 3 aromatic carbocycles. The maximum atomic E-state index is 13.0. The Labute approximate surface area is 203 Å². The summed E-state index contributed by atoms with van der Waals surface area (Å²) in [5.74, 6) is 0.321. The van der Waals surface area contributed by atoms with E-state index in [0.29, 0.717) is 28.6 Å². The van der Waals surface area contributed by atoms with E-state index in [0.717, 1.165) is 26.7 Å². The highest BCUT2D eigenvalue weighted by molar-refractivity contribution is 9.10. The summed E-state index contributed by atoms with van der Waals surface area (Å²) in [5.41, 5.74) is 1.71. The monoisotopic (exact) mass is 527 g/mol. The van der Waals surface area contributed by atoms with Gasteiger partial charge in [0.05, 0.1) is 11.4 Å². The molecule has 0 unspecified atom stereocenters. The molecule has 0 radical (unpaired) electrons. The van der Waals surface area contributed by atoms with Crippen molar-refractivity contribution in [3.05, 3.63) is 99.1 Å². The number of halogens is 2. The smallest absolute Gasteiger partial charge is 0.293 e. The average molecular weight is 528 g/mol. The highest BCUT2D eigenvalue weighted by Gasteiger charge is 2.35. The normalized spacial score (nSPS) is 14.7. The van der Waals surface area contributed by atoms with Crippen molar-refractivity contribution in [3.8, 4) is 11.5 Å². The molecule has 1 aliphatic rings. The fraction of sp³-hybridized carbons (Fsp3) is 0.120. The van der Waals surface area contributed by atoms with Crippen LogP contribution in [0.15, 0.2) is 82.2 Å². The highest BCUT2D eigenvalue weighted by Crippen LogP contribution is 2.35. The SMILES string of the molecule is O=C1S/C(=C\c2cc(Br)ccc2OCc2ccccc2)C(=O)N1CCOc1ccc(F)cc1. The molecule has 1 fully saturated rings. The molecule has 0 saturated carbocycles. The van der Waals surface area contributed by atoms with Crippen LogP contribution in [0.25, 0.3) is 6.08 Å². The van der Waals surface area contributed by atoms with E-state index < -0.39 is 0 Å². The summed E-state index contributed by atoms with van der Waals surface area (Å²) < 4.78 is 25.3. The number of hydrogen-bond acceptors (Lipinski definition) is 5. The largest absolute Gasteiger partial charge is 0.492 e. The van der Waals surface area contributed by atoms with Crippen molar-refractivity contribution in [1.82, 2.24) is 4.90 Å². The number of thioether (sulfide) groups is 1. The zero-order valence-corrected chi connectivity index (χ0v) is 19.8. The fourth-order valence-corrected chi connectivity index (χ4v) is 4.35. The Kier molecular flexibility index (Phi) is 7.47. The molecule has 2 amide bonds. The van der Waals surface area contributed by atoms with Gasteiger partial charge in [0.25, 0.3) is 11.1 Å². The van der Waals surface area contributed by atoms with Gasteiger partial charge in [0.15, 0.2) is 0 Å². The lowest BCUT2D eigenvalue weighted by Gasteiger charge is -2.13. The third kappa shape index (κ3) is 6.03. The Bertz CT molecular complexity index is 1180. The van der Waals surface area contributed by atoms with Crippen molar-refractivity contribution >= 4 is 44.9 Å². The molecule has 1 heterocycles. The topological polar surface area (TPSA) is 55.8 Å². The lowest BCUT2D eigenvalue weighted by atomic mass is 10.1. The number of benzene rings is 3. The summed E-state index contributed by atoms with van der Waals surface area (Å²) in [6.45, 7) is 0.583. The number of hydrogen-bond donors (Lipinski definition) is 0. The molecule has 1 saturated heterocycles. The van der Waals surface area contributed by atoms with Crippen molar-refractivity contribution in [2.24, 2.45) is 0 Å². The summed E-state index contributed by atoms with van der Waals surface area (Å²) in [6.07, 6.45) is 1.66. The van der Waals surface area contributed by atoms with Crippen LogP contribution in [0.5, 0.6) is 11.5 Å². The number of amides is 2. The Hall–Kier alpha value is -3.10. The molecule has 0 spiro atoms. The minimum Gasteiger partial charge on any atom is -0.492 e. The Morgan fingerprint density at radius 2 is 1.73 bits per heavy atom. The van der Waals surface area contributed by atoms with Gasteiger partial charge in [-0.1, -0.05) is 46.3 Å². The second-order valence-electron chi connectivity index (χ2n) is 7.09. The van der Waals surface area contributed by atoms with E-state index in [-0.39, 0.29) is 30.1 Å². The van der Waals surface area contributed by atoms with Crippen molar-refractivity contribution in [3.63, 3.8) is 0 Å². The van der Waals surface area contributed by atoms with Crippen molar-refractivity contribution in [2.45, 2.75) is 6.61 Å². The first-order valence-electron chi connectivity index (χ1n) is 10.1. The molecule has 168 valence electrons. The number of carbonyl (C=O) groups excluding carboxylic acids is 2. The Morgan fingerprint density at radius 3 is 2.48 bits per heavy atom. The second kappa shape index (κ2) is 10.7. The molecule has 0 N–H and O–H groups in total. The number of imide groups is 1. The maximum absolute atomic E-state index is 13.0. The lowest BCUT2D eigenvalue weighted by Crippen LogP contribution is -2.32. The molecule has 8 heteroatoms. The van der Waals surface area contributed by atoms with Crippen LogP contribution in [0.4, 0.5) is 9.18 Å². The van der Waals surface area contributed by atoms with E-state index in [1.54, 1.807) is 6.08 Å². The minimum atomic E-state index is -0.387. The first-order chi connectivity index (χ1) is 16.0. The molecular formula is C25H19BrFNO4S. The van der Waals surface area contributed by atoms with Gasteiger partial charge in [0.1, 0.15) is 30.5 Å². The van der Waals surface area contributed by atoms with Gasteiger partial charge >= 0.3 is 0 Å². The van der Waals surface area contributed by atoms with Gasteiger partial charge in [0.2, 0.25) is 0 Å². The van der Waals surface area contributed by atoms with Gasteiger partial charge < -0.3 is 9.47 Å². The standard InChI is InChI=1S/C25H19BrFNO4S/c26-19-6-11-22(32-16-17-4-2-1-3-5-17)18(14-19)15-23-24(29)28(25(30)33-23)12-13-31-21-9-7-20(27)8-10-21/h1-11,14-15H,12-13,16H2/b23-15-. The van der Waals surface area contributed by atoms with Crippen molar-refractivity contribution < 1.29 is 23.5 Å². The van der Waals surface area contributed by atoms with Gasteiger partial charge in [-0.3, -0.25) is 14.5 Å². The second-order valence-corrected chi connectivity index (χ2v) is 9.00. The van der Waals surface area contributed by atoms with Crippen molar-refractivity contribution in [1.29, 1.82) is 0 Å². The third-order valence-corrected chi connectivity index (χ3v) is 6.17. The Balaban J connectivity index is 1.44. The molecule has 0 aromatic heterocycles. The van der Waals surface area contributed by atoms with Gasteiger partial charge in [-0.2, -0.15) is 0 Å². The molecule has 0 aliphatic carbocycles. The van der Waals surface area contributed by atoms with Crippen LogP contribution in [-0.2, 0) is 11.4 Å². The molecule has 33 heavy (non-hydrogen) atoms. The molecule has 3 aromatic rings. The number of nitrogens with zero attached hydrogens (tertiary/aromatic N) is 1. The van der Waals surface area contributed by atoms with E-state index in [4.69, 9.17) is 9.47 Å². The van der Waals surface area contributed by atoms with Crippen LogP contribution in [0.2, 0.25) is 0 Å². The molecule has 1 aliphatic heterocycles. The van der Waals surface area contributed by atoms with E-state index >= 15 is 0 Å². The van der Waals surface area contributed by atoms with Gasteiger partial charge in [-0.05, 0) is 65.9 Å². The third-order valence-electron chi connectivity index (χ3n) is 4.77. The minimum absolute atomic E-state index is 0.0925. The van der Waals surface area contributed by atoms with E-state index in [9.17, 15) is 14.0 Å². The molecule has 5 nitrogen and oxygen atoms in total. The lowest BCUT2D eigenvalue weighted by molar-refractivity contribution is -0.123. The van der Waals surface area contributed by atoms with Crippen LogP contribution in [0, 0.1) is 5.82 Å². The van der Waals surface area contributed by atoms with Gasteiger partial charge in [0, 0.05) is 10.0 Å². The molecular weight excluding hydrogens is 509 g/mol. The maximum Gasteiger partial charge on any atom is 0.293 e. The van der Waals surface area contributed by atoms with Gasteiger partial charge in [-0.15, -0.1) is 0 Å². The first kappa shape index (κ1) is 23.1. The average Bonchev–Trinajstić information content (AvgIpc) is 3.08. The summed E-state index contributed by atoms with van der Waals surface area (Å²) in [7, 11) is 0. The number of rotatable bonds is 8. The Morgan fingerprint density at radius 1 is 0.970 bits per heavy atom. The molecule has 0 atom stereocenters. The first-order valence-corrected chi connectivity index (χ1v) is 11.7. The molecule has 4 rings (SSSR count). The fourth-order valence-electron chi connectivity index (χ4n) is 3.12. The predicted molar refractivity (Wildman–Crippen MR) is 129 cm³/mol. The summed E-state index contributed by atoms with van der Waals surface area (Å²) in [6, 6.07) is 20.8. The van der Waals surface area contributed by atoms with Crippen LogP contribution < -0.4 is 9.47 Å². The van der Waals surface area contributed by atoms with Crippen LogP contribution >= 0.6 is 27.7 Å². The zero-order chi connectivity index (χ0) is 23.2. The number of carbonyl (C=O) groups is 2. The predicted octanol–water partition coefficient (Wildman–Crippen LogP) is 6.28. The van der Waals surface area contributed by atoms with Crippen LogP contribution in [0.3, 0.4) is 0 Å². The van der Waals surface area contributed by atoms with E-state index in [1.165, 1.54) is 24.3 Å². The van der Waals surface area contributed by atoms with E-state index in [2.05, 4.69) is 15.9 Å². The van der Waals surface area contributed by atoms with Crippen LogP contribution in [0.1, 0.15) is 11.1 Å². The van der Waals surface area contributed by atoms with Crippen LogP contribution in [-0.4, -0.2) is 29.2 Å². The highest BCUT2D eigenvalue weighted by atomic mass is 79.9. The summed E-state index contributed by atoms with van der Waals surface area (Å²) in [5, 5.41) is -0.365. The van der Waals surface area contributed by atoms with E-state index in [1.807, 2.05) is 48.5 Å². The molecule has 0 bridgehead atoms.